The standard InChI is InChI=1S/C32H40FNO3.C19H23N3O6.C15H14O.C3H8/c1-8-11-20(14-25-21(9-2)32(36)37-16-26(25)19(7)35)31-22(10-3)29-23(17(4)5)12-13-24-18(6)27(33)15-28(34-31)30(24)29;1-4-7-27-10-16-8-17(6-5-15(16)11-28-14(3)24)22-19(26)13(2)21-18(25)9-20-12-23;1-16-10-15-13-8-4-2-6-11(13)12-7-3-5-9-14(12)15;1-3-2/h14-15,17,21,23H,8-13,16H2,1-7H3;1,5-6,8,12-13H,7,9-11H2,2-3H3,(H,20,23)(H,21,25)(H,22,26);2-9,15H,10H2,1H3;3H2,1-2H3/b20-14+;;;. The van der Waals surface area contributed by atoms with Crippen LogP contribution in [0.5, 0.6) is 0 Å². The highest BCUT2D eigenvalue weighted by atomic mass is 19.1. The first kappa shape index (κ1) is 67.0. The van der Waals surface area contributed by atoms with Gasteiger partial charge in [0.15, 0.2) is 5.78 Å². The maximum absolute atomic E-state index is 15.1. The summed E-state index contributed by atoms with van der Waals surface area (Å²) < 4.78 is 36.1. The number of cyclic esters (lactones) is 1. The van der Waals surface area contributed by atoms with Crippen LogP contribution in [0.25, 0.3) is 27.6 Å². The quantitative estimate of drug-likeness (QED) is 0.0274. The summed E-state index contributed by atoms with van der Waals surface area (Å²) in [5.74, 6) is 1.19. The van der Waals surface area contributed by atoms with Crippen molar-refractivity contribution in [3.63, 3.8) is 0 Å². The van der Waals surface area contributed by atoms with Gasteiger partial charge in [0.2, 0.25) is 18.2 Å². The third-order valence-corrected chi connectivity index (χ3v) is 15.1. The topological polar surface area (TPSA) is 188 Å². The van der Waals surface area contributed by atoms with Crippen LogP contribution in [0.15, 0.2) is 90.0 Å². The highest BCUT2D eigenvalue weighted by Gasteiger charge is 2.34. The van der Waals surface area contributed by atoms with E-state index >= 15 is 4.39 Å². The van der Waals surface area contributed by atoms with E-state index in [0.29, 0.717) is 58.5 Å². The molecule has 448 valence electrons. The fraction of sp³-hybridized carbons (Fsp3) is 0.435. The number of halogens is 1. The molecule has 0 spiro atoms. The number of allylic oxidation sites excluding steroid dienone is 2. The predicted octanol–water partition coefficient (Wildman–Crippen LogP) is 12.5. The van der Waals surface area contributed by atoms with Crippen molar-refractivity contribution in [1.82, 2.24) is 15.6 Å². The van der Waals surface area contributed by atoms with Crippen LogP contribution in [0.2, 0.25) is 0 Å². The molecule has 0 radical (unpaired) electrons. The minimum Gasteiger partial charge on any atom is -0.461 e. The molecule has 5 aromatic rings. The van der Waals surface area contributed by atoms with Gasteiger partial charge >= 0.3 is 11.9 Å². The van der Waals surface area contributed by atoms with Crippen molar-refractivity contribution >= 4 is 58.1 Å². The number of aromatic nitrogens is 1. The number of hydrogen-bond acceptors (Lipinski definition) is 11. The number of terminal acetylenes is 1. The third-order valence-electron chi connectivity index (χ3n) is 15.1. The van der Waals surface area contributed by atoms with Crippen LogP contribution in [-0.4, -0.2) is 80.4 Å². The number of ether oxygens (including phenoxy) is 4. The molecule has 3 atom stereocenters. The van der Waals surface area contributed by atoms with Gasteiger partial charge in [0.25, 0.3) is 0 Å². The van der Waals surface area contributed by atoms with Gasteiger partial charge in [-0.05, 0) is 144 Å². The summed E-state index contributed by atoms with van der Waals surface area (Å²) in [6.07, 6.45) is 13.7. The molecule has 3 amide bonds. The number of methoxy groups -OCH3 is 1. The Balaban J connectivity index is 0.000000241. The van der Waals surface area contributed by atoms with E-state index in [9.17, 15) is 28.8 Å². The van der Waals surface area contributed by atoms with Gasteiger partial charge in [-0.15, -0.1) is 6.42 Å². The van der Waals surface area contributed by atoms with Gasteiger partial charge in [-0.2, -0.15) is 0 Å². The molecule has 2 heterocycles. The summed E-state index contributed by atoms with van der Waals surface area (Å²) in [6.45, 7) is 22.2. The number of anilines is 1. The zero-order chi connectivity index (χ0) is 61.6. The van der Waals surface area contributed by atoms with Crippen LogP contribution in [-0.2, 0) is 73.8 Å². The smallest absolute Gasteiger partial charge is 0.313 e. The van der Waals surface area contributed by atoms with Gasteiger partial charge in [-0.3, -0.25) is 28.8 Å². The lowest BCUT2D eigenvalue weighted by Gasteiger charge is -2.33. The van der Waals surface area contributed by atoms with E-state index in [1.165, 1.54) is 60.6 Å². The Morgan fingerprint density at radius 1 is 0.917 bits per heavy atom. The molecule has 3 unspecified atom stereocenters. The molecule has 15 heteroatoms. The Morgan fingerprint density at radius 2 is 1.58 bits per heavy atom. The highest BCUT2D eigenvalue weighted by Crippen LogP contribution is 2.47. The average Bonchev–Trinajstić information content (AvgIpc) is 3.00. The predicted molar refractivity (Wildman–Crippen MR) is 329 cm³/mol. The number of nitrogens with zero attached hydrogens (tertiary/aromatic N) is 1. The minimum absolute atomic E-state index is 0.0101. The first-order valence-corrected chi connectivity index (χ1v) is 29.3. The van der Waals surface area contributed by atoms with Crippen LogP contribution in [0, 0.1) is 36.9 Å². The number of ketones is 1. The van der Waals surface area contributed by atoms with E-state index in [-0.39, 0.29) is 50.5 Å². The Bertz CT molecular complexity index is 3220. The number of rotatable bonds is 21. The number of Topliss-reactive ketones (excluding diaryl/α,β-unsaturated/α-hetero) is 1. The fourth-order valence-electron chi connectivity index (χ4n) is 11.1. The molecular formula is C69H85FN4O10. The lowest BCUT2D eigenvalue weighted by molar-refractivity contribution is -0.148. The number of pyridine rings is 1. The number of fused-ring (bicyclic) bond motifs is 3. The van der Waals surface area contributed by atoms with Gasteiger partial charge in [0.05, 0.1) is 36.9 Å². The first-order valence-electron chi connectivity index (χ1n) is 29.3. The molecule has 1 aromatic heterocycles. The van der Waals surface area contributed by atoms with Gasteiger partial charge in [-0.1, -0.05) is 128 Å². The SMILES string of the molecule is C#CCOCc1cc(NC(=O)C(C)NC(=O)CNC=O)ccc1COC(C)=O.CCC.CCC/C(=C\C1=C(C(C)=O)COC(=O)C1CC)c1nc2cc(F)c(C)c3c2c(c1CC)C(C(C)C)CC3.COCC1c2ccccc2-c2ccccc21. The number of esters is 2. The number of benzene rings is 4. The van der Waals surface area contributed by atoms with Crippen LogP contribution in [0.4, 0.5) is 10.1 Å². The first-order chi connectivity index (χ1) is 40.3. The average molecular weight is 1150 g/mol. The van der Waals surface area contributed by atoms with Crippen molar-refractivity contribution in [1.29, 1.82) is 0 Å². The molecule has 0 saturated carbocycles. The van der Waals surface area contributed by atoms with Gasteiger partial charge < -0.3 is 34.9 Å². The zero-order valence-electron chi connectivity index (χ0n) is 51.1. The van der Waals surface area contributed by atoms with Crippen LogP contribution in [0.3, 0.4) is 0 Å². The minimum atomic E-state index is -0.817. The molecule has 3 aliphatic rings. The number of nitrogens with one attached hydrogen (secondary N) is 3. The second-order valence-corrected chi connectivity index (χ2v) is 21.6. The lowest BCUT2D eigenvalue weighted by Crippen LogP contribution is -2.44. The van der Waals surface area contributed by atoms with E-state index < -0.39 is 29.7 Å². The van der Waals surface area contributed by atoms with E-state index in [4.69, 9.17) is 30.4 Å². The summed E-state index contributed by atoms with van der Waals surface area (Å²) in [5.41, 5.74) is 15.7. The second kappa shape index (κ2) is 32.9. The van der Waals surface area contributed by atoms with Crippen molar-refractivity contribution in [3.05, 3.63) is 146 Å². The van der Waals surface area contributed by atoms with E-state index in [1.807, 2.05) is 19.9 Å². The maximum Gasteiger partial charge on any atom is 0.313 e. The molecular weight excluding hydrogens is 1060 g/mol. The second-order valence-electron chi connectivity index (χ2n) is 21.6. The van der Waals surface area contributed by atoms with E-state index in [0.717, 1.165) is 72.1 Å². The Kier molecular flexibility index (Phi) is 26.2. The Morgan fingerprint density at radius 3 is 2.15 bits per heavy atom. The monoisotopic (exact) mass is 1150 g/mol. The summed E-state index contributed by atoms with van der Waals surface area (Å²) in [7, 11) is 1.77. The van der Waals surface area contributed by atoms with Crippen molar-refractivity contribution in [2.24, 2.45) is 11.8 Å². The lowest BCUT2D eigenvalue weighted by atomic mass is 9.73. The molecule has 2 aliphatic carbocycles. The van der Waals surface area contributed by atoms with Crippen LogP contribution >= 0.6 is 0 Å². The van der Waals surface area contributed by atoms with Gasteiger partial charge in [0, 0.05) is 42.7 Å². The molecule has 1 aliphatic heterocycles. The molecule has 14 nitrogen and oxygen atoms in total. The summed E-state index contributed by atoms with van der Waals surface area (Å²) in [4.78, 5) is 75.4. The Labute approximate surface area is 496 Å². The highest BCUT2D eigenvalue weighted by molar-refractivity contribution is 5.99. The number of aryl methyl sites for hydroxylation is 1. The summed E-state index contributed by atoms with van der Waals surface area (Å²) in [6, 6.07) is 23.0. The molecule has 3 N–H and O–H groups in total. The van der Waals surface area contributed by atoms with Crippen molar-refractivity contribution in [2.45, 2.75) is 152 Å². The van der Waals surface area contributed by atoms with Crippen LogP contribution < -0.4 is 16.0 Å². The fourth-order valence-corrected chi connectivity index (χ4v) is 11.1. The largest absolute Gasteiger partial charge is 0.461 e. The van der Waals surface area contributed by atoms with Gasteiger partial charge in [-0.25, -0.2) is 9.37 Å². The molecule has 84 heavy (non-hydrogen) atoms. The summed E-state index contributed by atoms with van der Waals surface area (Å²) in [5, 5.41) is 8.49. The van der Waals surface area contributed by atoms with E-state index in [2.05, 4.69) is 112 Å². The normalized spacial score (nSPS) is 15.3. The Hall–Kier alpha value is -7.80. The van der Waals surface area contributed by atoms with E-state index in [1.54, 1.807) is 31.4 Å². The molecule has 0 saturated heterocycles. The van der Waals surface area contributed by atoms with Gasteiger partial charge in [0.1, 0.15) is 31.7 Å². The number of hydrogen-bond donors (Lipinski definition) is 3. The van der Waals surface area contributed by atoms with Crippen molar-refractivity contribution in [2.75, 3.05) is 38.8 Å². The van der Waals surface area contributed by atoms with Crippen molar-refractivity contribution in [3.8, 4) is 23.5 Å². The summed E-state index contributed by atoms with van der Waals surface area (Å²) >= 11 is 0. The molecule has 4 aromatic carbocycles. The zero-order valence-corrected chi connectivity index (χ0v) is 51.1. The molecule has 0 fully saturated rings. The number of carbonyl (C=O) groups excluding carboxylic acids is 6. The number of amides is 3. The van der Waals surface area contributed by atoms with Crippen LogP contribution in [0.1, 0.15) is 163 Å². The molecule has 0 bridgehead atoms. The van der Waals surface area contributed by atoms with Crippen molar-refractivity contribution < 1.29 is 52.1 Å². The number of carbonyl (C=O) groups is 6. The molecule has 8 rings (SSSR count). The maximum atomic E-state index is 15.1. The third kappa shape index (κ3) is 16.9.